The lowest BCUT2D eigenvalue weighted by molar-refractivity contribution is -0.143. The van der Waals surface area contributed by atoms with Gasteiger partial charge in [-0.05, 0) is 90.9 Å². The van der Waals surface area contributed by atoms with Gasteiger partial charge >= 0.3 is 5.97 Å². The molecule has 0 saturated heterocycles. The van der Waals surface area contributed by atoms with E-state index in [0.717, 1.165) is 35.4 Å². The van der Waals surface area contributed by atoms with E-state index in [1.54, 1.807) is 62.4 Å². The van der Waals surface area contributed by atoms with Crippen LogP contribution in [0.2, 0.25) is 0 Å². The highest BCUT2D eigenvalue weighted by Gasteiger charge is 2.33. The summed E-state index contributed by atoms with van der Waals surface area (Å²) in [7, 11) is 1.50. The van der Waals surface area contributed by atoms with Crippen LogP contribution in [0.25, 0.3) is 22.3 Å². The minimum Gasteiger partial charge on any atom is -0.492 e. The molecule has 0 radical (unpaired) electrons. The van der Waals surface area contributed by atoms with Crippen molar-refractivity contribution < 1.29 is 38.6 Å². The fourth-order valence-corrected chi connectivity index (χ4v) is 6.55. The van der Waals surface area contributed by atoms with Crippen molar-refractivity contribution in [2.45, 2.75) is 64.6 Å². The molecule has 0 spiro atoms. The number of unbranched alkanes of at least 4 members (excludes halogenated alkanes) is 1. The molecule has 320 valence electrons. The lowest BCUT2D eigenvalue weighted by Crippen LogP contribution is -2.53. The summed E-state index contributed by atoms with van der Waals surface area (Å²) < 4.78 is 12.1. The van der Waals surface area contributed by atoms with E-state index < -0.39 is 42.3 Å². The summed E-state index contributed by atoms with van der Waals surface area (Å²) in [5.41, 5.74) is 19.9. The fraction of sp³-hybridized carbons (Fsp3) is 0.356. The molecular weight excluding hydrogens is 767 g/mol. The van der Waals surface area contributed by atoms with E-state index >= 15 is 0 Å². The number of benzene rings is 4. The molecule has 0 aromatic heterocycles. The third-order valence-corrected chi connectivity index (χ3v) is 9.51. The number of carbonyl (C=O) groups is 5. The van der Waals surface area contributed by atoms with Crippen LogP contribution < -0.4 is 42.3 Å². The van der Waals surface area contributed by atoms with Gasteiger partial charge in [-0.2, -0.15) is 0 Å². The molecular formula is C45H57N7O8. The van der Waals surface area contributed by atoms with Crippen molar-refractivity contribution in [2.24, 2.45) is 11.5 Å². The number of rotatable bonds is 24. The van der Waals surface area contributed by atoms with Gasteiger partial charge < -0.3 is 42.0 Å². The Bertz CT molecular complexity index is 2060. The SMILES string of the molecule is CCCCc1ccc(-c2ccc(C(=O)NCC(=O)N(NC)C(C(=O)NC(C)C)c3ccc(OCCN)c(-c4cc(CC(NC=O)C(=O)O)ccc4OCCN)c3)cc2)cc1. The largest absolute Gasteiger partial charge is 0.492 e. The van der Waals surface area contributed by atoms with Crippen LogP contribution in [-0.4, -0.2) is 92.2 Å². The van der Waals surface area contributed by atoms with E-state index in [1.807, 2.05) is 12.1 Å². The predicted molar refractivity (Wildman–Crippen MR) is 230 cm³/mol. The van der Waals surface area contributed by atoms with Crippen LogP contribution in [0.5, 0.6) is 11.5 Å². The molecule has 0 aliphatic heterocycles. The van der Waals surface area contributed by atoms with E-state index in [2.05, 4.69) is 52.6 Å². The molecule has 0 fully saturated rings. The van der Waals surface area contributed by atoms with Crippen molar-refractivity contribution in [3.63, 3.8) is 0 Å². The zero-order valence-electron chi connectivity index (χ0n) is 34.7. The zero-order valence-corrected chi connectivity index (χ0v) is 34.7. The van der Waals surface area contributed by atoms with Crippen LogP contribution >= 0.6 is 0 Å². The summed E-state index contributed by atoms with van der Waals surface area (Å²) in [4.78, 5) is 64.4. The van der Waals surface area contributed by atoms with Crippen molar-refractivity contribution in [2.75, 3.05) is 39.9 Å². The normalized spacial score (nSPS) is 11.9. The Morgan fingerprint density at radius 1 is 0.817 bits per heavy atom. The van der Waals surface area contributed by atoms with E-state index in [4.69, 9.17) is 20.9 Å². The molecule has 15 nitrogen and oxygen atoms in total. The lowest BCUT2D eigenvalue weighted by atomic mass is 9.94. The summed E-state index contributed by atoms with van der Waals surface area (Å²) in [6, 6.07) is 22.8. The van der Waals surface area contributed by atoms with Crippen molar-refractivity contribution in [3.05, 3.63) is 107 Å². The smallest absolute Gasteiger partial charge is 0.326 e. The minimum atomic E-state index is -1.25. The van der Waals surface area contributed by atoms with Crippen molar-refractivity contribution in [1.82, 2.24) is 26.4 Å². The molecule has 15 heteroatoms. The van der Waals surface area contributed by atoms with Crippen LogP contribution in [-0.2, 0) is 32.0 Å². The van der Waals surface area contributed by atoms with Gasteiger partial charge in [-0.3, -0.25) is 24.2 Å². The molecule has 4 rings (SSSR count). The molecule has 60 heavy (non-hydrogen) atoms. The maximum absolute atomic E-state index is 14.0. The van der Waals surface area contributed by atoms with Gasteiger partial charge in [0, 0.05) is 49.3 Å². The standard InChI is InChI=1S/C45H57N7O8/c1-5-6-7-30-8-11-32(12-9-30)33-13-15-34(16-14-33)43(55)49-27-41(54)52(48-4)42(44(56)51-29(2)3)35-17-19-40(60-23-21-47)37(26-35)36-24-31(10-18-39(36)59-22-20-46)25-38(45(57)58)50-28-53/h8-19,24,26,28-29,38,42,48H,5-7,20-23,25,27,46-47H2,1-4H3,(H,49,55)(H,50,53)(H,51,56)(H,57,58). The molecule has 2 atom stereocenters. The molecule has 0 aliphatic rings. The number of nitrogens with one attached hydrogen (secondary N) is 4. The summed E-state index contributed by atoms with van der Waals surface area (Å²) in [5.74, 6) is -2.04. The molecule has 0 bridgehead atoms. The van der Waals surface area contributed by atoms with Gasteiger partial charge in [-0.15, -0.1) is 0 Å². The molecule has 4 aromatic rings. The highest BCUT2D eigenvalue weighted by molar-refractivity contribution is 5.97. The number of aliphatic carboxylic acids is 1. The Kier molecular flexibility index (Phi) is 18.0. The molecule has 9 N–H and O–H groups in total. The van der Waals surface area contributed by atoms with Crippen LogP contribution in [0, 0.1) is 0 Å². The number of hydrazine groups is 1. The number of carboxylic acid groups (broad SMARTS) is 1. The van der Waals surface area contributed by atoms with Gasteiger partial charge in [-0.1, -0.05) is 61.9 Å². The van der Waals surface area contributed by atoms with Gasteiger partial charge in [0.1, 0.15) is 30.8 Å². The number of ether oxygens (including phenoxy) is 2. The van der Waals surface area contributed by atoms with Gasteiger partial charge in [0.15, 0.2) is 6.04 Å². The lowest BCUT2D eigenvalue weighted by Gasteiger charge is -2.31. The summed E-state index contributed by atoms with van der Waals surface area (Å²) >= 11 is 0. The number of carbonyl (C=O) groups excluding carboxylic acids is 4. The van der Waals surface area contributed by atoms with Crippen molar-refractivity contribution in [3.8, 4) is 33.8 Å². The summed E-state index contributed by atoms with van der Waals surface area (Å²) in [5, 5.41) is 18.8. The first-order valence-corrected chi connectivity index (χ1v) is 20.1. The van der Waals surface area contributed by atoms with Gasteiger partial charge in [0.05, 0.1) is 6.54 Å². The second kappa shape index (κ2) is 23.3. The van der Waals surface area contributed by atoms with E-state index in [0.29, 0.717) is 45.7 Å². The second-order valence-electron chi connectivity index (χ2n) is 14.4. The van der Waals surface area contributed by atoms with Crippen LogP contribution in [0.1, 0.15) is 66.7 Å². The summed E-state index contributed by atoms with van der Waals surface area (Å²) in [6.07, 6.45) is 3.57. The molecule has 4 amide bonds. The van der Waals surface area contributed by atoms with Crippen LogP contribution in [0.15, 0.2) is 84.9 Å². The Balaban J connectivity index is 1.67. The second-order valence-corrected chi connectivity index (χ2v) is 14.4. The summed E-state index contributed by atoms with van der Waals surface area (Å²) in [6.45, 7) is 6.01. The molecule has 0 heterocycles. The molecule has 0 saturated carbocycles. The first-order valence-electron chi connectivity index (χ1n) is 20.1. The van der Waals surface area contributed by atoms with E-state index in [1.165, 1.54) is 12.6 Å². The van der Waals surface area contributed by atoms with Crippen LogP contribution in [0.3, 0.4) is 0 Å². The van der Waals surface area contributed by atoms with E-state index in [9.17, 15) is 29.1 Å². The average molecular weight is 824 g/mol. The highest BCUT2D eigenvalue weighted by atomic mass is 16.5. The number of hydrogen-bond donors (Lipinski definition) is 7. The number of nitrogens with zero attached hydrogens (tertiary/aromatic N) is 1. The van der Waals surface area contributed by atoms with Gasteiger partial charge in [-0.25, -0.2) is 10.2 Å². The van der Waals surface area contributed by atoms with E-state index in [-0.39, 0.29) is 38.8 Å². The average Bonchev–Trinajstić information content (AvgIpc) is 3.25. The van der Waals surface area contributed by atoms with Crippen molar-refractivity contribution >= 4 is 30.1 Å². The predicted octanol–water partition coefficient (Wildman–Crippen LogP) is 3.74. The number of amides is 4. The van der Waals surface area contributed by atoms with Gasteiger partial charge in [0.25, 0.3) is 11.8 Å². The zero-order chi connectivity index (χ0) is 43.6. The fourth-order valence-electron chi connectivity index (χ4n) is 6.55. The Hall–Kier alpha value is -6.29. The first kappa shape index (κ1) is 46.4. The maximum atomic E-state index is 14.0. The molecule has 0 aliphatic carbocycles. The molecule has 2 unspecified atom stereocenters. The monoisotopic (exact) mass is 823 g/mol. The van der Waals surface area contributed by atoms with Gasteiger partial charge in [0.2, 0.25) is 12.3 Å². The topological polar surface area (TPSA) is 227 Å². The quantitative estimate of drug-likeness (QED) is 0.0398. The minimum absolute atomic E-state index is 0.0543. The Morgan fingerprint density at radius 2 is 1.40 bits per heavy atom. The highest BCUT2D eigenvalue weighted by Crippen LogP contribution is 2.40. The third-order valence-electron chi connectivity index (χ3n) is 9.51. The Morgan fingerprint density at radius 3 is 1.95 bits per heavy atom. The number of carboxylic acids is 1. The number of aryl methyl sites for hydroxylation is 1. The third kappa shape index (κ3) is 12.9. The number of nitrogens with two attached hydrogens (primary N) is 2. The number of hydrogen-bond acceptors (Lipinski definition) is 10. The maximum Gasteiger partial charge on any atom is 0.326 e. The molecule has 4 aromatic carbocycles. The van der Waals surface area contributed by atoms with Crippen molar-refractivity contribution in [1.29, 1.82) is 0 Å². The first-order chi connectivity index (χ1) is 28.9. The van der Waals surface area contributed by atoms with Crippen LogP contribution in [0.4, 0.5) is 0 Å². The Labute approximate surface area is 351 Å².